The van der Waals surface area contributed by atoms with Gasteiger partial charge in [-0.15, -0.1) is 0 Å². The Kier molecular flexibility index (Phi) is 7.23. The monoisotopic (exact) mass is 419 g/mol. The van der Waals surface area contributed by atoms with Gasteiger partial charge in [-0.3, -0.25) is 4.79 Å². The second-order valence-corrected chi connectivity index (χ2v) is 7.47. The van der Waals surface area contributed by atoms with E-state index >= 15 is 0 Å². The summed E-state index contributed by atoms with van der Waals surface area (Å²) in [4.78, 5) is 14.3. The van der Waals surface area contributed by atoms with Crippen LogP contribution in [0.25, 0.3) is 0 Å². The van der Waals surface area contributed by atoms with Gasteiger partial charge < -0.3 is 24.2 Å². The first-order valence-electron chi connectivity index (χ1n) is 9.62. The topological polar surface area (TPSA) is 68.2 Å². The zero-order chi connectivity index (χ0) is 20.8. The predicted molar refractivity (Wildman–Crippen MR) is 111 cm³/mol. The summed E-state index contributed by atoms with van der Waals surface area (Å²) in [5, 5.41) is 11.1. The summed E-state index contributed by atoms with van der Waals surface area (Å²) in [5.41, 5.74) is 0.895. The number of hydrogen-bond acceptors (Lipinski definition) is 5. The van der Waals surface area contributed by atoms with Crippen LogP contribution < -0.4 is 14.2 Å². The number of amides is 1. The molecule has 1 amide bonds. The molecular weight excluding hydrogens is 394 g/mol. The van der Waals surface area contributed by atoms with Gasteiger partial charge in [0.25, 0.3) is 5.91 Å². The van der Waals surface area contributed by atoms with Gasteiger partial charge in [-0.2, -0.15) is 0 Å². The van der Waals surface area contributed by atoms with Crippen molar-refractivity contribution in [2.75, 3.05) is 26.8 Å². The van der Waals surface area contributed by atoms with Crippen molar-refractivity contribution in [3.05, 3.63) is 53.1 Å². The fourth-order valence-electron chi connectivity index (χ4n) is 3.24. The molecule has 1 N–H and O–H groups in total. The highest BCUT2D eigenvalue weighted by Crippen LogP contribution is 2.24. The molecule has 7 heteroatoms. The van der Waals surface area contributed by atoms with E-state index in [2.05, 4.69) is 0 Å². The summed E-state index contributed by atoms with van der Waals surface area (Å²) < 4.78 is 16.8. The van der Waals surface area contributed by atoms with Crippen molar-refractivity contribution in [3.8, 4) is 17.2 Å². The maximum absolute atomic E-state index is 12.6. The van der Waals surface area contributed by atoms with Crippen LogP contribution in [0.5, 0.6) is 17.2 Å². The third-order valence-electron chi connectivity index (χ3n) is 4.98. The second kappa shape index (κ2) is 9.85. The first-order chi connectivity index (χ1) is 14.0. The molecular formula is C22H26ClNO5. The van der Waals surface area contributed by atoms with E-state index in [-0.39, 0.29) is 18.6 Å². The minimum Gasteiger partial charge on any atom is -0.497 e. The van der Waals surface area contributed by atoms with Gasteiger partial charge in [0.15, 0.2) is 6.61 Å². The van der Waals surface area contributed by atoms with Crippen molar-refractivity contribution in [3.63, 3.8) is 0 Å². The molecule has 29 heavy (non-hydrogen) atoms. The normalized spacial score (nSPS) is 19.4. The number of aliphatic hydroxyl groups is 1. The number of benzene rings is 2. The number of carbonyl (C=O) groups is 1. The van der Waals surface area contributed by atoms with Gasteiger partial charge in [0.05, 0.1) is 13.2 Å². The molecule has 1 saturated heterocycles. The summed E-state index contributed by atoms with van der Waals surface area (Å²) in [5.74, 6) is 1.81. The lowest BCUT2D eigenvalue weighted by molar-refractivity contribution is -0.133. The molecule has 3 rings (SSSR count). The Morgan fingerprint density at radius 1 is 1.14 bits per heavy atom. The zero-order valence-corrected chi connectivity index (χ0v) is 17.4. The number of rotatable bonds is 6. The fourth-order valence-corrected chi connectivity index (χ4v) is 3.36. The Hall–Kier alpha value is -2.44. The highest BCUT2D eigenvalue weighted by molar-refractivity contribution is 6.31. The maximum atomic E-state index is 12.6. The highest BCUT2D eigenvalue weighted by atomic mass is 35.5. The molecule has 0 spiro atoms. The molecule has 0 bridgehead atoms. The van der Waals surface area contributed by atoms with Gasteiger partial charge in [0.2, 0.25) is 0 Å². The molecule has 1 fully saturated rings. The highest BCUT2D eigenvalue weighted by Gasteiger charge is 2.28. The Morgan fingerprint density at radius 2 is 1.90 bits per heavy atom. The van der Waals surface area contributed by atoms with Crippen molar-refractivity contribution in [2.45, 2.75) is 32.0 Å². The standard InChI is InChI=1S/C22H26ClNO5/c1-15-12-17(6-7-19(15)23)28-14-22(26)24-10-8-20(25)21(9-11-24)29-18-5-3-4-16(13-18)27-2/h3-7,12-13,20-21,25H,8-11,14H2,1-2H3/t20-,21-/m0/s1. The molecule has 1 aliphatic heterocycles. The molecule has 0 radical (unpaired) electrons. The molecule has 2 aromatic rings. The minimum absolute atomic E-state index is 0.0570. The van der Waals surface area contributed by atoms with E-state index in [4.69, 9.17) is 25.8 Å². The molecule has 6 nitrogen and oxygen atoms in total. The summed E-state index contributed by atoms with van der Waals surface area (Å²) in [6, 6.07) is 12.6. The van der Waals surface area contributed by atoms with Crippen molar-refractivity contribution in [1.82, 2.24) is 4.90 Å². The number of hydrogen-bond donors (Lipinski definition) is 1. The van der Waals surface area contributed by atoms with Crippen molar-refractivity contribution < 1.29 is 24.1 Å². The quantitative estimate of drug-likeness (QED) is 0.776. The second-order valence-electron chi connectivity index (χ2n) is 7.06. The smallest absolute Gasteiger partial charge is 0.260 e. The van der Waals surface area contributed by atoms with Gasteiger partial charge >= 0.3 is 0 Å². The predicted octanol–water partition coefficient (Wildman–Crippen LogP) is 3.47. The van der Waals surface area contributed by atoms with Crippen LogP contribution in [-0.2, 0) is 4.79 Å². The zero-order valence-electron chi connectivity index (χ0n) is 16.6. The lowest BCUT2D eigenvalue weighted by Crippen LogP contribution is -2.36. The van der Waals surface area contributed by atoms with Gasteiger partial charge in [-0.25, -0.2) is 0 Å². The molecule has 1 heterocycles. The molecule has 0 saturated carbocycles. The summed E-state index contributed by atoms with van der Waals surface area (Å²) >= 11 is 6.01. The van der Waals surface area contributed by atoms with E-state index in [0.717, 1.165) is 5.56 Å². The van der Waals surface area contributed by atoms with Crippen LogP contribution in [0, 0.1) is 6.92 Å². The number of aliphatic hydroxyl groups excluding tert-OH is 1. The Morgan fingerprint density at radius 3 is 2.66 bits per heavy atom. The number of likely N-dealkylation sites (tertiary alicyclic amines) is 1. The Bertz CT molecular complexity index is 844. The lowest BCUT2D eigenvalue weighted by Gasteiger charge is -2.22. The lowest BCUT2D eigenvalue weighted by atomic mass is 10.1. The third kappa shape index (κ3) is 5.78. The molecule has 0 unspecified atom stereocenters. The Labute approximate surface area is 175 Å². The minimum atomic E-state index is -0.654. The average molecular weight is 420 g/mol. The van der Waals surface area contributed by atoms with E-state index in [0.29, 0.717) is 48.2 Å². The Balaban J connectivity index is 1.54. The molecule has 0 aliphatic carbocycles. The molecule has 2 aromatic carbocycles. The molecule has 1 aliphatic rings. The first kappa shape index (κ1) is 21.3. The van der Waals surface area contributed by atoms with Crippen LogP contribution in [0.15, 0.2) is 42.5 Å². The van der Waals surface area contributed by atoms with Crippen LogP contribution in [-0.4, -0.2) is 54.9 Å². The summed E-state index contributed by atoms with van der Waals surface area (Å²) in [7, 11) is 1.59. The van der Waals surface area contributed by atoms with Gasteiger partial charge in [-0.05, 0) is 49.2 Å². The van der Waals surface area contributed by atoms with Crippen LogP contribution in [0.2, 0.25) is 5.02 Å². The van der Waals surface area contributed by atoms with Crippen LogP contribution in [0.1, 0.15) is 18.4 Å². The van der Waals surface area contributed by atoms with Gasteiger partial charge in [-0.1, -0.05) is 17.7 Å². The van der Waals surface area contributed by atoms with E-state index < -0.39 is 6.10 Å². The van der Waals surface area contributed by atoms with Crippen LogP contribution in [0.4, 0.5) is 0 Å². The van der Waals surface area contributed by atoms with E-state index in [1.54, 1.807) is 36.3 Å². The number of ether oxygens (including phenoxy) is 3. The van der Waals surface area contributed by atoms with Crippen LogP contribution >= 0.6 is 11.6 Å². The fraction of sp³-hybridized carbons (Fsp3) is 0.409. The largest absolute Gasteiger partial charge is 0.497 e. The van der Waals surface area contributed by atoms with E-state index in [1.165, 1.54) is 0 Å². The third-order valence-corrected chi connectivity index (χ3v) is 5.40. The number of carbonyl (C=O) groups excluding carboxylic acids is 1. The molecule has 2 atom stereocenters. The number of halogens is 1. The van der Waals surface area contributed by atoms with E-state index in [1.807, 2.05) is 25.1 Å². The summed E-state index contributed by atoms with van der Waals surface area (Å²) in [6.45, 7) is 2.78. The first-order valence-corrected chi connectivity index (χ1v) is 9.99. The van der Waals surface area contributed by atoms with Crippen molar-refractivity contribution in [2.24, 2.45) is 0 Å². The van der Waals surface area contributed by atoms with Crippen molar-refractivity contribution >= 4 is 17.5 Å². The van der Waals surface area contributed by atoms with Crippen LogP contribution in [0.3, 0.4) is 0 Å². The van der Waals surface area contributed by atoms with Crippen molar-refractivity contribution in [1.29, 1.82) is 0 Å². The van der Waals surface area contributed by atoms with Gasteiger partial charge in [0.1, 0.15) is 23.4 Å². The summed E-state index contributed by atoms with van der Waals surface area (Å²) in [6.07, 6.45) is -0.0662. The van der Waals surface area contributed by atoms with Gasteiger partial charge in [0, 0.05) is 30.6 Å². The molecule has 0 aromatic heterocycles. The number of nitrogens with zero attached hydrogens (tertiary/aromatic N) is 1. The number of methoxy groups -OCH3 is 1. The molecule has 156 valence electrons. The SMILES string of the molecule is COc1cccc(O[C@H]2CCN(C(=O)COc3ccc(Cl)c(C)c3)CC[C@@H]2O)c1. The number of aryl methyl sites for hydroxylation is 1. The average Bonchev–Trinajstić information content (AvgIpc) is 2.91. The maximum Gasteiger partial charge on any atom is 0.260 e. The van der Waals surface area contributed by atoms with E-state index in [9.17, 15) is 9.90 Å².